The average molecular weight is 310 g/mol. The summed E-state index contributed by atoms with van der Waals surface area (Å²) < 4.78 is 0. The normalized spacial score (nSPS) is 10.6. The molecule has 1 heterocycles. The minimum absolute atomic E-state index is 0.218. The van der Waals surface area contributed by atoms with Gasteiger partial charge in [-0.3, -0.25) is 0 Å². The predicted octanol–water partition coefficient (Wildman–Crippen LogP) is 4.81. The zero-order valence-electron chi connectivity index (χ0n) is 12.3. The van der Waals surface area contributed by atoms with Gasteiger partial charge in [0.1, 0.15) is 0 Å². The van der Waals surface area contributed by atoms with E-state index in [9.17, 15) is 0 Å². The summed E-state index contributed by atoms with van der Waals surface area (Å²) in [6.07, 6.45) is 2.06. The van der Waals surface area contributed by atoms with E-state index in [1.54, 1.807) is 0 Å². The molecule has 0 N–H and O–H groups in total. The molecule has 0 amide bonds. The van der Waals surface area contributed by atoms with Gasteiger partial charge >= 0.3 is 0 Å². The Kier molecular flexibility index (Phi) is 4.45. The van der Waals surface area contributed by atoms with Crippen molar-refractivity contribution in [2.24, 2.45) is 0 Å². The molecule has 0 aliphatic rings. The molecular weight excluding hydrogens is 294 g/mol. The molecule has 0 saturated heterocycles. The van der Waals surface area contributed by atoms with Crippen LogP contribution >= 0.6 is 11.6 Å². The molecule has 0 aliphatic heterocycles. The van der Waals surface area contributed by atoms with E-state index in [0.29, 0.717) is 11.6 Å². The Morgan fingerprint density at radius 1 is 0.818 bits per heavy atom. The van der Waals surface area contributed by atoms with Crippen molar-refractivity contribution in [3.63, 3.8) is 0 Å². The minimum atomic E-state index is 0.218. The zero-order chi connectivity index (χ0) is 15.4. The quantitative estimate of drug-likeness (QED) is 0.694. The molecule has 110 valence electrons. The van der Waals surface area contributed by atoms with Crippen LogP contribution in [0, 0.1) is 0 Å². The van der Waals surface area contributed by atoms with Gasteiger partial charge in [0, 0.05) is 11.1 Å². The van der Waals surface area contributed by atoms with Crippen LogP contribution in [0.5, 0.6) is 0 Å². The van der Waals surface area contributed by atoms with Crippen molar-refractivity contribution in [2.75, 3.05) is 0 Å². The number of aromatic nitrogens is 3. The van der Waals surface area contributed by atoms with Crippen LogP contribution in [0.2, 0.25) is 5.28 Å². The second kappa shape index (κ2) is 6.67. The lowest BCUT2D eigenvalue weighted by atomic mass is 10.0. The first-order valence-corrected chi connectivity index (χ1v) is 7.71. The average Bonchev–Trinajstić information content (AvgIpc) is 2.56. The summed E-state index contributed by atoms with van der Waals surface area (Å²) in [4.78, 5) is 13.2. The molecule has 2 aromatic carbocycles. The van der Waals surface area contributed by atoms with Gasteiger partial charge in [-0.05, 0) is 23.6 Å². The molecule has 0 radical (unpaired) electrons. The summed E-state index contributed by atoms with van der Waals surface area (Å²) in [5.74, 6) is 1.23. The molecule has 1 aromatic heterocycles. The summed E-state index contributed by atoms with van der Waals surface area (Å²) >= 11 is 6.12. The van der Waals surface area contributed by atoms with Gasteiger partial charge in [0.2, 0.25) is 5.28 Å². The van der Waals surface area contributed by atoms with E-state index in [0.717, 1.165) is 24.0 Å². The highest BCUT2D eigenvalue weighted by atomic mass is 35.5. The first kappa shape index (κ1) is 14.7. The van der Waals surface area contributed by atoms with Gasteiger partial charge < -0.3 is 0 Å². The fraction of sp³-hybridized carbons (Fsp3) is 0.167. The molecule has 0 saturated carbocycles. The van der Waals surface area contributed by atoms with E-state index in [1.807, 2.05) is 48.5 Å². The zero-order valence-corrected chi connectivity index (χ0v) is 13.1. The van der Waals surface area contributed by atoms with Crippen molar-refractivity contribution in [3.8, 4) is 22.8 Å². The number of rotatable bonds is 4. The van der Waals surface area contributed by atoms with E-state index in [-0.39, 0.29) is 5.28 Å². The Morgan fingerprint density at radius 2 is 1.50 bits per heavy atom. The van der Waals surface area contributed by atoms with Crippen molar-refractivity contribution < 1.29 is 0 Å². The van der Waals surface area contributed by atoms with Crippen LogP contribution in [0.25, 0.3) is 22.8 Å². The van der Waals surface area contributed by atoms with Gasteiger partial charge in [0.15, 0.2) is 11.6 Å². The highest BCUT2D eigenvalue weighted by Gasteiger charge is 2.11. The van der Waals surface area contributed by atoms with Crippen molar-refractivity contribution in [1.29, 1.82) is 0 Å². The van der Waals surface area contributed by atoms with Crippen molar-refractivity contribution in [2.45, 2.75) is 19.8 Å². The summed E-state index contributed by atoms with van der Waals surface area (Å²) in [7, 11) is 0. The summed E-state index contributed by atoms with van der Waals surface area (Å²) in [5, 5.41) is 0.218. The second-order valence-corrected chi connectivity index (χ2v) is 5.36. The van der Waals surface area contributed by atoms with Crippen LogP contribution < -0.4 is 0 Å². The van der Waals surface area contributed by atoms with Gasteiger partial charge in [-0.15, -0.1) is 0 Å². The smallest absolute Gasteiger partial charge is 0.208 e. The van der Waals surface area contributed by atoms with E-state index < -0.39 is 0 Å². The first-order chi connectivity index (χ1) is 10.8. The van der Waals surface area contributed by atoms with E-state index in [4.69, 9.17) is 11.6 Å². The summed E-state index contributed by atoms with van der Waals surface area (Å²) in [6, 6.07) is 18.0. The van der Waals surface area contributed by atoms with E-state index in [1.165, 1.54) is 5.56 Å². The molecule has 0 unspecified atom stereocenters. The lowest BCUT2D eigenvalue weighted by molar-refractivity contribution is 0.919. The topological polar surface area (TPSA) is 38.7 Å². The van der Waals surface area contributed by atoms with E-state index in [2.05, 4.69) is 27.9 Å². The summed E-state index contributed by atoms with van der Waals surface area (Å²) in [5.41, 5.74) is 3.18. The number of halogens is 1. The molecule has 3 nitrogen and oxygen atoms in total. The number of benzene rings is 2. The van der Waals surface area contributed by atoms with Crippen LogP contribution in [-0.2, 0) is 6.42 Å². The number of hydrogen-bond donors (Lipinski definition) is 0. The Hall–Kier alpha value is -2.26. The van der Waals surface area contributed by atoms with Crippen LogP contribution in [0.4, 0.5) is 0 Å². The number of aryl methyl sites for hydroxylation is 1. The van der Waals surface area contributed by atoms with Gasteiger partial charge in [0.05, 0.1) is 0 Å². The number of hydrogen-bond acceptors (Lipinski definition) is 3. The van der Waals surface area contributed by atoms with Crippen LogP contribution in [0.1, 0.15) is 18.9 Å². The molecule has 4 heteroatoms. The lowest BCUT2D eigenvalue weighted by Crippen LogP contribution is -1.99. The molecule has 0 spiro atoms. The maximum absolute atomic E-state index is 6.12. The van der Waals surface area contributed by atoms with Gasteiger partial charge in [-0.2, -0.15) is 9.97 Å². The van der Waals surface area contributed by atoms with E-state index >= 15 is 0 Å². The molecule has 0 bridgehead atoms. The maximum Gasteiger partial charge on any atom is 0.226 e. The second-order valence-electron chi connectivity index (χ2n) is 5.02. The van der Waals surface area contributed by atoms with Gasteiger partial charge in [-0.1, -0.05) is 67.9 Å². The fourth-order valence-electron chi connectivity index (χ4n) is 2.41. The highest BCUT2D eigenvalue weighted by molar-refractivity contribution is 6.28. The molecular formula is C18H16ClN3. The third kappa shape index (κ3) is 3.15. The number of nitrogens with zero attached hydrogens (tertiary/aromatic N) is 3. The predicted molar refractivity (Wildman–Crippen MR) is 89.7 cm³/mol. The lowest BCUT2D eigenvalue weighted by Gasteiger charge is -2.09. The summed E-state index contributed by atoms with van der Waals surface area (Å²) in [6.45, 7) is 2.16. The standard InChI is InChI=1S/C18H16ClN3/c1-2-8-13-9-6-7-12-15(13)17-20-16(21-18(19)22-17)14-10-4-3-5-11-14/h3-7,9-12H,2,8H2,1H3. The Bertz CT molecular complexity index is 772. The molecule has 0 aliphatic carbocycles. The van der Waals surface area contributed by atoms with Crippen LogP contribution in [0.15, 0.2) is 54.6 Å². The maximum atomic E-state index is 6.12. The van der Waals surface area contributed by atoms with Gasteiger partial charge in [-0.25, -0.2) is 4.98 Å². The monoisotopic (exact) mass is 309 g/mol. The minimum Gasteiger partial charge on any atom is -0.208 e. The molecule has 3 aromatic rings. The first-order valence-electron chi connectivity index (χ1n) is 7.33. The van der Waals surface area contributed by atoms with Crippen LogP contribution in [-0.4, -0.2) is 15.0 Å². The van der Waals surface area contributed by atoms with Crippen molar-refractivity contribution in [1.82, 2.24) is 15.0 Å². The fourth-order valence-corrected chi connectivity index (χ4v) is 2.57. The van der Waals surface area contributed by atoms with Crippen LogP contribution in [0.3, 0.4) is 0 Å². The van der Waals surface area contributed by atoms with Gasteiger partial charge in [0.25, 0.3) is 0 Å². The SMILES string of the molecule is CCCc1ccccc1-c1nc(Cl)nc(-c2ccccc2)n1. The Morgan fingerprint density at radius 3 is 2.27 bits per heavy atom. The van der Waals surface area contributed by atoms with Crippen molar-refractivity contribution in [3.05, 3.63) is 65.4 Å². The Balaban J connectivity index is 2.11. The Labute approximate surface area is 135 Å². The highest BCUT2D eigenvalue weighted by Crippen LogP contribution is 2.25. The molecule has 0 fully saturated rings. The molecule has 3 rings (SSSR count). The molecule has 0 atom stereocenters. The third-order valence-electron chi connectivity index (χ3n) is 3.42. The molecule has 22 heavy (non-hydrogen) atoms. The third-order valence-corrected chi connectivity index (χ3v) is 3.59. The van der Waals surface area contributed by atoms with Crippen molar-refractivity contribution >= 4 is 11.6 Å². The largest absolute Gasteiger partial charge is 0.226 e.